The number of alkyl halides is 2. The standard InChI is InChI=1S/C27H29N3O4.C22H21N3O2.CH2Cl2/c1-17-8-6-7-9-22(17)20-12-15-23(30-26(33)34-27(3,4)5)24(16-20)29-25(32)19-10-13-21(14-11-19)28-18(2)31;1-14-5-3-4-6-19(14)17-9-12-20(23)21(13-17)25-22(27)16-7-10-18(11-8-16)24-15(2)26;2-1-3/h6-16H,1-5H3,(H,28,31)(H,29,32)(H,30,33);3-13H,23H2,1-2H3,(H,24,26)(H,25,27);1H2. The molecule has 0 spiro atoms. The number of ether oxygens (including phenoxy) is 1. The zero-order valence-corrected chi connectivity index (χ0v) is 38.2. The van der Waals surface area contributed by atoms with E-state index < -0.39 is 11.7 Å². The fourth-order valence-electron chi connectivity index (χ4n) is 6.17. The quantitative estimate of drug-likeness (QED) is 0.0617. The van der Waals surface area contributed by atoms with Crippen LogP contribution in [-0.2, 0) is 14.3 Å². The smallest absolute Gasteiger partial charge is 0.412 e. The van der Waals surface area contributed by atoms with E-state index in [0.29, 0.717) is 45.3 Å². The molecule has 12 nitrogen and oxygen atoms in total. The van der Waals surface area contributed by atoms with E-state index in [9.17, 15) is 24.0 Å². The predicted octanol–water partition coefficient (Wildman–Crippen LogP) is 12.1. The molecular formula is C50H52Cl2N6O6. The Balaban J connectivity index is 0.000000270. The van der Waals surface area contributed by atoms with E-state index >= 15 is 0 Å². The van der Waals surface area contributed by atoms with Crippen molar-refractivity contribution in [3.8, 4) is 22.3 Å². The first kappa shape index (κ1) is 49.5. The summed E-state index contributed by atoms with van der Waals surface area (Å²) in [5.41, 5.74) is 15.6. The zero-order chi connectivity index (χ0) is 47.0. The van der Waals surface area contributed by atoms with E-state index in [1.165, 1.54) is 13.8 Å². The highest BCUT2D eigenvalue weighted by Crippen LogP contribution is 2.32. The predicted molar refractivity (Wildman–Crippen MR) is 261 cm³/mol. The number of rotatable bonds is 9. The summed E-state index contributed by atoms with van der Waals surface area (Å²) in [5.74, 6) is -0.974. The van der Waals surface area contributed by atoms with Gasteiger partial charge in [-0.1, -0.05) is 60.7 Å². The van der Waals surface area contributed by atoms with Crippen LogP contribution in [0.15, 0.2) is 133 Å². The summed E-state index contributed by atoms with van der Waals surface area (Å²) in [5, 5.41) is 14.0. The highest BCUT2D eigenvalue weighted by Gasteiger charge is 2.19. The Morgan fingerprint density at radius 2 is 0.938 bits per heavy atom. The Bertz CT molecular complexity index is 2590. The highest BCUT2D eigenvalue weighted by atomic mass is 35.5. The molecule has 0 saturated carbocycles. The summed E-state index contributed by atoms with van der Waals surface area (Å²) < 4.78 is 5.37. The third-order valence-electron chi connectivity index (χ3n) is 9.05. The van der Waals surface area contributed by atoms with Gasteiger partial charge in [0, 0.05) is 36.3 Å². The number of halogens is 2. The maximum Gasteiger partial charge on any atom is 0.412 e. The third kappa shape index (κ3) is 15.3. The van der Waals surface area contributed by atoms with Crippen molar-refractivity contribution in [2.45, 2.75) is 54.1 Å². The van der Waals surface area contributed by atoms with Gasteiger partial charge in [-0.3, -0.25) is 24.5 Å². The number of nitrogens with two attached hydrogens (primary N) is 1. The van der Waals surface area contributed by atoms with Gasteiger partial charge in [-0.05, 0) is 141 Å². The van der Waals surface area contributed by atoms with Gasteiger partial charge < -0.3 is 31.7 Å². The minimum absolute atomic E-state index is 0.159. The summed E-state index contributed by atoms with van der Waals surface area (Å²) in [4.78, 5) is 60.2. The zero-order valence-electron chi connectivity index (χ0n) is 36.7. The molecule has 0 fully saturated rings. The molecule has 0 aliphatic rings. The molecule has 332 valence electrons. The van der Waals surface area contributed by atoms with Crippen LogP contribution in [0.3, 0.4) is 0 Å². The van der Waals surface area contributed by atoms with Crippen LogP contribution in [0.2, 0.25) is 0 Å². The minimum Gasteiger partial charge on any atom is -0.444 e. The van der Waals surface area contributed by atoms with Crippen molar-refractivity contribution in [3.05, 3.63) is 156 Å². The van der Waals surface area contributed by atoms with E-state index in [2.05, 4.69) is 26.6 Å². The molecule has 0 heterocycles. The van der Waals surface area contributed by atoms with Crippen LogP contribution in [0.5, 0.6) is 0 Å². The first-order chi connectivity index (χ1) is 30.4. The Hall–Kier alpha value is -7.15. The summed E-state index contributed by atoms with van der Waals surface area (Å²) in [7, 11) is 0. The molecule has 0 aliphatic heterocycles. The van der Waals surface area contributed by atoms with Gasteiger partial charge in [0.1, 0.15) is 5.60 Å². The first-order valence-electron chi connectivity index (χ1n) is 20.0. The van der Waals surface area contributed by atoms with Gasteiger partial charge in [-0.2, -0.15) is 0 Å². The van der Waals surface area contributed by atoms with Crippen LogP contribution >= 0.6 is 23.2 Å². The second-order valence-electron chi connectivity index (χ2n) is 15.3. The number of nitrogens with one attached hydrogen (secondary N) is 5. The highest BCUT2D eigenvalue weighted by molar-refractivity contribution is 6.40. The Kier molecular flexibility index (Phi) is 18.1. The van der Waals surface area contributed by atoms with E-state index in [4.69, 9.17) is 33.7 Å². The molecule has 0 unspecified atom stereocenters. The number of aryl methyl sites for hydroxylation is 2. The molecule has 6 rings (SSSR count). The average molecular weight is 904 g/mol. The van der Waals surface area contributed by atoms with Gasteiger partial charge in [0.2, 0.25) is 11.8 Å². The second-order valence-corrected chi connectivity index (χ2v) is 16.2. The molecule has 0 saturated heterocycles. The average Bonchev–Trinajstić information content (AvgIpc) is 3.23. The van der Waals surface area contributed by atoms with E-state index in [1.54, 1.807) is 81.4 Å². The Morgan fingerprint density at radius 3 is 1.36 bits per heavy atom. The van der Waals surface area contributed by atoms with Crippen molar-refractivity contribution in [1.82, 2.24) is 0 Å². The van der Waals surface area contributed by atoms with Crippen molar-refractivity contribution in [2.24, 2.45) is 0 Å². The molecule has 14 heteroatoms. The van der Waals surface area contributed by atoms with E-state index in [1.807, 2.05) is 86.6 Å². The molecular weight excluding hydrogens is 851 g/mol. The molecule has 0 atom stereocenters. The number of nitrogen functional groups attached to an aromatic ring is 1. The Morgan fingerprint density at radius 1 is 0.531 bits per heavy atom. The van der Waals surface area contributed by atoms with Gasteiger partial charge in [0.25, 0.3) is 11.8 Å². The molecule has 7 N–H and O–H groups in total. The van der Waals surface area contributed by atoms with Crippen LogP contribution in [0.25, 0.3) is 22.3 Å². The maximum atomic E-state index is 13.0. The molecule has 6 aromatic rings. The van der Waals surface area contributed by atoms with Crippen molar-refractivity contribution in [2.75, 3.05) is 37.7 Å². The number of amides is 5. The number of benzene rings is 6. The van der Waals surface area contributed by atoms with Gasteiger partial charge >= 0.3 is 6.09 Å². The van der Waals surface area contributed by atoms with Gasteiger partial charge in [0.05, 0.1) is 28.1 Å². The Labute approximate surface area is 383 Å². The molecule has 64 heavy (non-hydrogen) atoms. The summed E-state index contributed by atoms with van der Waals surface area (Å²) in [6.07, 6.45) is -0.619. The van der Waals surface area contributed by atoms with Crippen molar-refractivity contribution < 1.29 is 28.7 Å². The van der Waals surface area contributed by atoms with Crippen LogP contribution in [-0.4, -0.2) is 40.7 Å². The summed E-state index contributed by atoms with van der Waals surface area (Å²) in [6, 6.07) is 40.2. The third-order valence-corrected chi connectivity index (χ3v) is 9.05. The summed E-state index contributed by atoms with van der Waals surface area (Å²) in [6.45, 7) is 12.2. The molecule has 0 bridgehead atoms. The molecule has 5 amide bonds. The van der Waals surface area contributed by atoms with Crippen molar-refractivity contribution >= 4 is 87.0 Å². The maximum absolute atomic E-state index is 13.0. The molecule has 0 aliphatic carbocycles. The van der Waals surface area contributed by atoms with Gasteiger partial charge in [-0.25, -0.2) is 4.79 Å². The SMILES string of the molecule is CC(=O)Nc1ccc(C(=O)Nc2cc(-c3ccccc3C)ccc2N)cc1.CC(=O)Nc1ccc(C(=O)Nc2cc(-c3ccccc3C)ccc2NC(=O)OC(C)(C)C)cc1.ClCCl. The molecule has 0 aromatic heterocycles. The number of carbonyl (C=O) groups excluding carboxylic acids is 5. The van der Waals surface area contributed by atoms with E-state index in [-0.39, 0.29) is 29.0 Å². The molecule has 6 aromatic carbocycles. The van der Waals surface area contributed by atoms with Crippen LogP contribution in [0, 0.1) is 13.8 Å². The largest absolute Gasteiger partial charge is 0.444 e. The first-order valence-corrected chi connectivity index (χ1v) is 21.1. The number of hydrogen-bond donors (Lipinski definition) is 6. The van der Waals surface area contributed by atoms with Gasteiger partial charge in [0.15, 0.2) is 0 Å². The normalized spacial score (nSPS) is 10.4. The number of hydrogen-bond acceptors (Lipinski definition) is 7. The van der Waals surface area contributed by atoms with E-state index in [0.717, 1.165) is 33.4 Å². The van der Waals surface area contributed by atoms with Crippen LogP contribution in [0.4, 0.5) is 38.9 Å². The minimum atomic E-state index is -0.662. The number of carbonyl (C=O) groups is 5. The van der Waals surface area contributed by atoms with Crippen LogP contribution < -0.4 is 32.3 Å². The van der Waals surface area contributed by atoms with Crippen molar-refractivity contribution in [3.63, 3.8) is 0 Å². The second kappa shape index (κ2) is 23.3. The lowest BCUT2D eigenvalue weighted by molar-refractivity contribution is -0.115. The number of anilines is 6. The van der Waals surface area contributed by atoms with Crippen LogP contribution in [0.1, 0.15) is 66.5 Å². The lowest BCUT2D eigenvalue weighted by Crippen LogP contribution is -2.27. The summed E-state index contributed by atoms with van der Waals surface area (Å²) >= 11 is 9.53. The van der Waals surface area contributed by atoms with Crippen molar-refractivity contribution in [1.29, 1.82) is 0 Å². The lowest BCUT2D eigenvalue weighted by atomic mass is 9.99. The fraction of sp³-hybridized carbons (Fsp3) is 0.180. The molecule has 0 radical (unpaired) electrons. The fourth-order valence-corrected chi connectivity index (χ4v) is 6.17. The topological polar surface area (TPSA) is 181 Å². The monoisotopic (exact) mass is 902 g/mol. The lowest BCUT2D eigenvalue weighted by Gasteiger charge is -2.21. The van der Waals surface area contributed by atoms with Gasteiger partial charge in [-0.15, -0.1) is 23.2 Å².